The number of benzene rings is 2. The largest absolute Gasteiger partial charge is 0.383 e. The lowest BCUT2D eigenvalue weighted by Crippen LogP contribution is -2.30. The summed E-state index contributed by atoms with van der Waals surface area (Å²) in [6.07, 6.45) is 0.988. The van der Waals surface area contributed by atoms with Gasteiger partial charge in [-0.2, -0.15) is 0 Å². The molecular formula is C25H31N3O3S. The van der Waals surface area contributed by atoms with Crippen LogP contribution in [0.3, 0.4) is 0 Å². The number of para-hydroxylation sites is 2. The molecule has 170 valence electrons. The summed E-state index contributed by atoms with van der Waals surface area (Å²) in [6.45, 7) is 8.40. The molecule has 0 bridgehead atoms. The molecule has 1 N–H and O–H groups in total. The highest BCUT2D eigenvalue weighted by Gasteiger charge is 2.23. The monoisotopic (exact) mass is 453 g/mol. The van der Waals surface area contributed by atoms with Crippen molar-refractivity contribution in [3.05, 3.63) is 64.4 Å². The number of thioether (sulfide) groups is 1. The number of methoxy groups -OCH3 is 1. The SMILES string of the molecule is CC[C@H](C)c1ccccc1NC(=O)[C@@H](C)Sc1nc2ccccc2c(=O)n1[C@H](C)COC. The second-order valence-corrected chi connectivity index (χ2v) is 9.34. The van der Waals surface area contributed by atoms with Crippen LogP contribution in [0.2, 0.25) is 0 Å². The lowest BCUT2D eigenvalue weighted by molar-refractivity contribution is -0.115. The first kappa shape index (κ1) is 24.0. The number of nitrogens with zero attached hydrogens (tertiary/aromatic N) is 2. The molecule has 1 heterocycles. The number of ether oxygens (including phenoxy) is 1. The molecule has 0 unspecified atom stereocenters. The van der Waals surface area contributed by atoms with Gasteiger partial charge in [0.2, 0.25) is 5.91 Å². The number of hydrogen-bond acceptors (Lipinski definition) is 5. The number of rotatable bonds is 9. The lowest BCUT2D eigenvalue weighted by Gasteiger charge is -2.21. The molecule has 0 aliphatic carbocycles. The zero-order valence-electron chi connectivity index (χ0n) is 19.3. The molecule has 2 aromatic carbocycles. The minimum atomic E-state index is -0.450. The van der Waals surface area contributed by atoms with Crippen LogP contribution in [0.5, 0.6) is 0 Å². The molecule has 1 amide bonds. The molecule has 0 saturated heterocycles. The van der Waals surface area contributed by atoms with Crippen molar-refractivity contribution in [3.8, 4) is 0 Å². The van der Waals surface area contributed by atoms with Crippen LogP contribution in [0.15, 0.2) is 58.5 Å². The van der Waals surface area contributed by atoms with Gasteiger partial charge in [0.15, 0.2) is 5.16 Å². The van der Waals surface area contributed by atoms with Crippen molar-refractivity contribution in [1.29, 1.82) is 0 Å². The molecule has 0 spiro atoms. The Kier molecular flexibility index (Phi) is 8.10. The van der Waals surface area contributed by atoms with Crippen molar-refractivity contribution in [1.82, 2.24) is 9.55 Å². The van der Waals surface area contributed by atoms with Gasteiger partial charge in [0, 0.05) is 12.8 Å². The summed E-state index contributed by atoms with van der Waals surface area (Å²) >= 11 is 1.29. The number of nitrogens with one attached hydrogen (secondary N) is 1. The number of carbonyl (C=O) groups is 1. The maximum absolute atomic E-state index is 13.2. The van der Waals surface area contributed by atoms with Crippen LogP contribution in [0.4, 0.5) is 5.69 Å². The van der Waals surface area contributed by atoms with Crippen molar-refractivity contribution in [2.45, 2.75) is 56.5 Å². The van der Waals surface area contributed by atoms with Crippen LogP contribution < -0.4 is 10.9 Å². The standard InChI is InChI=1S/C25H31N3O3S/c1-6-16(2)19-11-7-9-13-21(19)26-23(29)18(4)32-25-27-22-14-10-8-12-20(22)24(30)28(25)17(3)15-31-5/h7-14,16-18H,6,15H2,1-5H3,(H,26,29)/t16-,17+,18+/m0/s1. The van der Waals surface area contributed by atoms with Crippen molar-refractivity contribution >= 4 is 34.3 Å². The Morgan fingerprint density at radius 3 is 2.53 bits per heavy atom. The fourth-order valence-electron chi connectivity index (χ4n) is 3.62. The Balaban J connectivity index is 1.91. The lowest BCUT2D eigenvalue weighted by atomic mass is 9.97. The third-order valence-electron chi connectivity index (χ3n) is 5.64. The second kappa shape index (κ2) is 10.8. The number of hydrogen-bond donors (Lipinski definition) is 1. The normalized spacial score (nSPS) is 14.2. The number of amides is 1. The van der Waals surface area contributed by atoms with Crippen molar-refractivity contribution < 1.29 is 9.53 Å². The van der Waals surface area contributed by atoms with E-state index < -0.39 is 5.25 Å². The molecule has 3 atom stereocenters. The van der Waals surface area contributed by atoms with Gasteiger partial charge in [-0.1, -0.05) is 55.9 Å². The minimum absolute atomic E-state index is 0.126. The molecule has 3 aromatic rings. The molecule has 3 rings (SSSR count). The number of carbonyl (C=O) groups excluding carboxylic acids is 1. The third-order valence-corrected chi connectivity index (χ3v) is 6.70. The predicted octanol–water partition coefficient (Wildman–Crippen LogP) is 5.24. The summed E-state index contributed by atoms with van der Waals surface area (Å²) in [5.41, 5.74) is 2.44. The zero-order valence-corrected chi connectivity index (χ0v) is 20.1. The molecule has 32 heavy (non-hydrogen) atoms. The van der Waals surface area contributed by atoms with E-state index in [1.165, 1.54) is 11.8 Å². The van der Waals surface area contributed by atoms with Crippen molar-refractivity contribution in [2.24, 2.45) is 0 Å². The van der Waals surface area contributed by atoms with Gasteiger partial charge >= 0.3 is 0 Å². The highest BCUT2D eigenvalue weighted by molar-refractivity contribution is 8.00. The van der Waals surface area contributed by atoms with Crippen LogP contribution in [0, 0.1) is 0 Å². The fourth-order valence-corrected chi connectivity index (χ4v) is 4.63. The van der Waals surface area contributed by atoms with Crippen LogP contribution in [0.1, 0.15) is 51.6 Å². The summed E-state index contributed by atoms with van der Waals surface area (Å²) in [7, 11) is 1.60. The average Bonchev–Trinajstić information content (AvgIpc) is 2.79. The molecule has 6 nitrogen and oxygen atoms in total. The summed E-state index contributed by atoms with van der Waals surface area (Å²) in [4.78, 5) is 31.0. The number of anilines is 1. The van der Waals surface area contributed by atoms with Gasteiger partial charge in [-0.25, -0.2) is 4.98 Å². The van der Waals surface area contributed by atoms with Gasteiger partial charge in [0.25, 0.3) is 5.56 Å². The Labute approximate surface area is 193 Å². The van der Waals surface area contributed by atoms with Crippen LogP contribution in [-0.4, -0.2) is 34.4 Å². The molecule has 7 heteroatoms. The quantitative estimate of drug-likeness (QED) is 0.354. The average molecular weight is 454 g/mol. The summed E-state index contributed by atoms with van der Waals surface area (Å²) in [6, 6.07) is 15.0. The molecule has 1 aromatic heterocycles. The van der Waals surface area contributed by atoms with Gasteiger partial charge in [-0.15, -0.1) is 0 Å². The van der Waals surface area contributed by atoms with Crippen LogP contribution in [-0.2, 0) is 9.53 Å². The summed E-state index contributed by atoms with van der Waals surface area (Å²) in [5.74, 6) is 0.218. The minimum Gasteiger partial charge on any atom is -0.383 e. The van der Waals surface area contributed by atoms with Crippen molar-refractivity contribution in [2.75, 3.05) is 19.0 Å². The van der Waals surface area contributed by atoms with E-state index in [4.69, 9.17) is 9.72 Å². The smallest absolute Gasteiger partial charge is 0.262 e. The van der Waals surface area contributed by atoms with E-state index >= 15 is 0 Å². The molecule has 0 saturated carbocycles. The fraction of sp³-hybridized carbons (Fsp3) is 0.400. The second-order valence-electron chi connectivity index (χ2n) is 8.04. The number of aromatic nitrogens is 2. The summed E-state index contributed by atoms with van der Waals surface area (Å²) in [5, 5.41) is 3.69. The maximum atomic E-state index is 13.2. The Bertz CT molecular complexity index is 1140. The molecule has 0 aliphatic rings. The number of fused-ring (bicyclic) bond motifs is 1. The van der Waals surface area contributed by atoms with Gasteiger partial charge in [-0.05, 0) is 49.9 Å². The predicted molar refractivity (Wildman–Crippen MR) is 132 cm³/mol. The van der Waals surface area contributed by atoms with E-state index in [1.807, 2.05) is 50.2 Å². The van der Waals surface area contributed by atoms with E-state index in [2.05, 4.69) is 25.2 Å². The maximum Gasteiger partial charge on any atom is 0.262 e. The van der Waals surface area contributed by atoms with Crippen LogP contribution in [0.25, 0.3) is 10.9 Å². The van der Waals surface area contributed by atoms with Gasteiger partial charge in [0.1, 0.15) is 0 Å². The first-order chi connectivity index (χ1) is 15.4. The van der Waals surface area contributed by atoms with E-state index in [1.54, 1.807) is 17.7 Å². The topological polar surface area (TPSA) is 73.2 Å². The third kappa shape index (κ3) is 5.22. The van der Waals surface area contributed by atoms with E-state index in [-0.39, 0.29) is 17.5 Å². The molecule has 0 fully saturated rings. The molecular weight excluding hydrogens is 422 g/mol. The van der Waals surface area contributed by atoms with E-state index in [0.717, 1.165) is 17.7 Å². The van der Waals surface area contributed by atoms with E-state index in [9.17, 15) is 9.59 Å². The molecule has 0 radical (unpaired) electrons. The summed E-state index contributed by atoms with van der Waals surface area (Å²) < 4.78 is 6.91. The Hall–Kier alpha value is -2.64. The van der Waals surface area contributed by atoms with Crippen LogP contribution >= 0.6 is 11.8 Å². The van der Waals surface area contributed by atoms with E-state index in [0.29, 0.717) is 28.6 Å². The van der Waals surface area contributed by atoms with Gasteiger partial charge < -0.3 is 10.1 Å². The first-order valence-corrected chi connectivity index (χ1v) is 11.8. The highest BCUT2D eigenvalue weighted by Crippen LogP contribution is 2.29. The van der Waals surface area contributed by atoms with Gasteiger partial charge in [0.05, 0.1) is 28.8 Å². The Morgan fingerprint density at radius 1 is 1.12 bits per heavy atom. The zero-order chi connectivity index (χ0) is 23.3. The Morgan fingerprint density at radius 2 is 1.81 bits per heavy atom. The first-order valence-electron chi connectivity index (χ1n) is 10.9. The highest BCUT2D eigenvalue weighted by atomic mass is 32.2. The van der Waals surface area contributed by atoms with Crippen molar-refractivity contribution in [3.63, 3.8) is 0 Å². The molecule has 0 aliphatic heterocycles. The van der Waals surface area contributed by atoms with Gasteiger partial charge in [-0.3, -0.25) is 14.2 Å².